The molecule has 128 valence electrons. The van der Waals surface area contributed by atoms with Gasteiger partial charge in [-0.15, -0.1) is 0 Å². The summed E-state index contributed by atoms with van der Waals surface area (Å²) in [6.45, 7) is 3.24. The van der Waals surface area contributed by atoms with E-state index in [9.17, 15) is 10.2 Å². The third kappa shape index (κ3) is 3.33. The lowest BCUT2D eigenvalue weighted by atomic mass is 9.63. The smallest absolute Gasteiger partial charge is 0.0757 e. The van der Waals surface area contributed by atoms with Gasteiger partial charge in [-0.3, -0.25) is 0 Å². The second-order valence-electron chi connectivity index (χ2n) is 7.50. The Morgan fingerprint density at radius 2 is 1.61 bits per heavy atom. The molecule has 1 heterocycles. The third-order valence-electron chi connectivity index (χ3n) is 6.13. The average Bonchev–Trinajstić information content (AvgIpc) is 3.04. The third-order valence-corrected chi connectivity index (χ3v) is 6.13. The van der Waals surface area contributed by atoms with Crippen LogP contribution in [0.15, 0.2) is 30.3 Å². The Labute approximate surface area is 140 Å². The minimum absolute atomic E-state index is 0.130. The van der Waals surface area contributed by atoms with Gasteiger partial charge in [0.15, 0.2) is 0 Å². The van der Waals surface area contributed by atoms with Crippen molar-refractivity contribution < 1.29 is 10.2 Å². The van der Waals surface area contributed by atoms with Gasteiger partial charge in [-0.25, -0.2) is 0 Å². The van der Waals surface area contributed by atoms with E-state index in [1.807, 2.05) is 6.07 Å². The fraction of sp³-hybridized carbons (Fsp3) is 0.700. The van der Waals surface area contributed by atoms with Gasteiger partial charge in [-0.2, -0.15) is 0 Å². The normalized spacial score (nSPS) is 24.4. The Balaban J connectivity index is 1.98. The molecule has 0 spiro atoms. The molecule has 1 aromatic rings. The van der Waals surface area contributed by atoms with Gasteiger partial charge in [0.2, 0.25) is 0 Å². The standard InChI is InChI=1S/C20H31NO2/c22-16-13-19(18-9-3-1-4-10-18,20(23)11-5-6-12-20)17-21-14-7-2-8-15-21/h1,3-4,9-10,22-23H,2,5-8,11-17H2. The molecule has 1 aliphatic heterocycles. The summed E-state index contributed by atoms with van der Waals surface area (Å²) in [4.78, 5) is 2.52. The van der Waals surface area contributed by atoms with Crippen molar-refractivity contribution in [2.24, 2.45) is 0 Å². The SMILES string of the molecule is OCCC(CN1CCCCC1)(c1ccccc1)C1(O)CCCC1. The summed E-state index contributed by atoms with van der Waals surface area (Å²) in [7, 11) is 0. The summed E-state index contributed by atoms with van der Waals surface area (Å²) in [5.41, 5.74) is 0.162. The molecule has 1 unspecified atom stereocenters. The monoisotopic (exact) mass is 317 g/mol. The molecule has 3 rings (SSSR count). The fourth-order valence-electron chi connectivity index (χ4n) is 4.85. The number of hydrogen-bond donors (Lipinski definition) is 2. The Hall–Kier alpha value is -0.900. The molecule has 1 aromatic carbocycles. The van der Waals surface area contributed by atoms with Crippen LogP contribution in [0.3, 0.4) is 0 Å². The van der Waals surface area contributed by atoms with E-state index >= 15 is 0 Å². The van der Waals surface area contributed by atoms with Gasteiger partial charge in [0.25, 0.3) is 0 Å². The van der Waals surface area contributed by atoms with Crippen molar-refractivity contribution in [1.82, 2.24) is 4.90 Å². The Morgan fingerprint density at radius 3 is 2.22 bits per heavy atom. The average molecular weight is 317 g/mol. The van der Waals surface area contributed by atoms with Crippen LogP contribution in [-0.4, -0.2) is 47.0 Å². The maximum Gasteiger partial charge on any atom is 0.0757 e. The summed E-state index contributed by atoms with van der Waals surface area (Å²) in [6.07, 6.45) is 8.37. The molecule has 2 N–H and O–H groups in total. The molecule has 23 heavy (non-hydrogen) atoms. The van der Waals surface area contributed by atoms with Gasteiger partial charge in [-0.1, -0.05) is 49.6 Å². The Morgan fingerprint density at radius 1 is 0.957 bits per heavy atom. The predicted octanol–water partition coefficient (Wildman–Crippen LogP) is 3.10. The first-order chi connectivity index (χ1) is 11.2. The Kier molecular flexibility index (Phi) is 5.40. The van der Waals surface area contributed by atoms with Gasteiger partial charge < -0.3 is 15.1 Å². The van der Waals surface area contributed by atoms with E-state index in [4.69, 9.17) is 0 Å². The maximum absolute atomic E-state index is 11.6. The van der Waals surface area contributed by atoms with Crippen LogP contribution in [0.2, 0.25) is 0 Å². The molecule has 1 aliphatic carbocycles. The van der Waals surface area contributed by atoms with Crippen molar-refractivity contribution in [3.05, 3.63) is 35.9 Å². The van der Waals surface area contributed by atoms with Gasteiger partial charge in [0.1, 0.15) is 0 Å². The minimum atomic E-state index is -0.686. The van der Waals surface area contributed by atoms with Gasteiger partial charge in [-0.05, 0) is 50.8 Å². The fourth-order valence-corrected chi connectivity index (χ4v) is 4.85. The molecule has 1 atom stereocenters. The quantitative estimate of drug-likeness (QED) is 0.847. The number of aliphatic hydroxyl groups is 2. The van der Waals surface area contributed by atoms with Crippen molar-refractivity contribution >= 4 is 0 Å². The van der Waals surface area contributed by atoms with Crippen molar-refractivity contribution in [3.8, 4) is 0 Å². The summed E-state index contributed by atoms with van der Waals surface area (Å²) in [5.74, 6) is 0. The number of nitrogens with zero attached hydrogens (tertiary/aromatic N) is 1. The van der Waals surface area contributed by atoms with E-state index in [1.165, 1.54) is 24.8 Å². The summed E-state index contributed by atoms with van der Waals surface area (Å²) < 4.78 is 0. The minimum Gasteiger partial charge on any atom is -0.396 e. The van der Waals surface area contributed by atoms with Crippen LogP contribution in [0.1, 0.15) is 56.9 Å². The molecule has 1 saturated carbocycles. The largest absolute Gasteiger partial charge is 0.396 e. The molecule has 1 saturated heterocycles. The lowest BCUT2D eigenvalue weighted by Crippen LogP contribution is -2.57. The molecule has 0 aromatic heterocycles. The lowest BCUT2D eigenvalue weighted by Gasteiger charge is -2.49. The first kappa shape index (κ1) is 16.9. The van der Waals surface area contributed by atoms with Crippen LogP contribution < -0.4 is 0 Å². The van der Waals surface area contributed by atoms with Gasteiger partial charge >= 0.3 is 0 Å². The summed E-state index contributed by atoms with van der Waals surface area (Å²) in [5, 5.41) is 21.4. The highest BCUT2D eigenvalue weighted by atomic mass is 16.3. The second kappa shape index (κ2) is 7.33. The van der Waals surface area contributed by atoms with Gasteiger partial charge in [0, 0.05) is 18.6 Å². The first-order valence-electron chi connectivity index (χ1n) is 9.31. The van der Waals surface area contributed by atoms with Crippen LogP contribution in [0, 0.1) is 0 Å². The van der Waals surface area contributed by atoms with E-state index in [2.05, 4.69) is 29.2 Å². The molecular formula is C20H31NO2. The van der Waals surface area contributed by atoms with Crippen LogP contribution >= 0.6 is 0 Å². The zero-order valence-corrected chi connectivity index (χ0v) is 14.2. The van der Waals surface area contributed by atoms with Crippen LogP contribution in [0.5, 0.6) is 0 Å². The number of aliphatic hydroxyl groups excluding tert-OH is 1. The molecular weight excluding hydrogens is 286 g/mol. The number of likely N-dealkylation sites (tertiary alicyclic amines) is 1. The predicted molar refractivity (Wildman–Crippen MR) is 93.5 cm³/mol. The summed E-state index contributed by atoms with van der Waals surface area (Å²) in [6, 6.07) is 10.5. The number of hydrogen-bond acceptors (Lipinski definition) is 3. The number of benzene rings is 1. The highest BCUT2D eigenvalue weighted by Gasteiger charge is 2.52. The second-order valence-corrected chi connectivity index (χ2v) is 7.50. The van der Waals surface area contributed by atoms with Crippen LogP contribution in [0.25, 0.3) is 0 Å². The molecule has 2 fully saturated rings. The molecule has 2 aliphatic rings. The van der Waals surface area contributed by atoms with E-state index < -0.39 is 5.60 Å². The number of piperidine rings is 1. The zero-order chi connectivity index (χ0) is 16.2. The van der Waals surface area contributed by atoms with Crippen LogP contribution in [0.4, 0.5) is 0 Å². The number of rotatable bonds is 6. The van der Waals surface area contributed by atoms with Crippen molar-refractivity contribution in [1.29, 1.82) is 0 Å². The maximum atomic E-state index is 11.6. The Bertz CT molecular complexity index is 478. The molecule has 3 heteroatoms. The first-order valence-corrected chi connectivity index (χ1v) is 9.31. The highest BCUT2D eigenvalue weighted by molar-refractivity contribution is 5.31. The van der Waals surface area contributed by atoms with E-state index in [1.54, 1.807) is 0 Å². The topological polar surface area (TPSA) is 43.7 Å². The van der Waals surface area contributed by atoms with Crippen molar-refractivity contribution in [2.75, 3.05) is 26.2 Å². The highest BCUT2D eigenvalue weighted by Crippen LogP contribution is 2.48. The van der Waals surface area contributed by atoms with Crippen molar-refractivity contribution in [2.45, 2.75) is 62.4 Å². The summed E-state index contributed by atoms with van der Waals surface area (Å²) >= 11 is 0. The molecule has 0 amide bonds. The van der Waals surface area contributed by atoms with Gasteiger partial charge in [0.05, 0.1) is 5.60 Å². The van der Waals surface area contributed by atoms with E-state index in [0.29, 0.717) is 6.42 Å². The molecule has 0 bridgehead atoms. The lowest BCUT2D eigenvalue weighted by molar-refractivity contribution is -0.0610. The zero-order valence-electron chi connectivity index (χ0n) is 14.2. The molecule has 0 radical (unpaired) electrons. The van der Waals surface area contributed by atoms with Crippen LogP contribution in [-0.2, 0) is 5.41 Å². The van der Waals surface area contributed by atoms with Crippen molar-refractivity contribution in [3.63, 3.8) is 0 Å². The molecule has 3 nitrogen and oxygen atoms in total. The van der Waals surface area contributed by atoms with E-state index in [0.717, 1.165) is 45.3 Å². The van der Waals surface area contributed by atoms with E-state index in [-0.39, 0.29) is 12.0 Å².